The Hall–Kier alpha value is -1.72. The first-order chi connectivity index (χ1) is 10.6. The van der Waals surface area contributed by atoms with Gasteiger partial charge in [-0.2, -0.15) is 0 Å². The third kappa shape index (κ3) is 3.93. The topological polar surface area (TPSA) is 72.7 Å². The lowest BCUT2D eigenvalue weighted by molar-refractivity contribution is 0.0556. The lowest BCUT2D eigenvalue weighted by atomic mass is 9.92. The summed E-state index contributed by atoms with van der Waals surface area (Å²) in [5, 5.41) is 33.0. The lowest BCUT2D eigenvalue weighted by Crippen LogP contribution is -2.51. The highest BCUT2D eigenvalue weighted by Gasteiger charge is 2.31. The van der Waals surface area contributed by atoms with E-state index in [0.29, 0.717) is 0 Å². The molecule has 4 nitrogen and oxygen atoms in total. The zero-order chi connectivity index (χ0) is 16.0. The standard InChI is InChI=1S/C18H23NO3/c1-18(12-20,13-21)19-16(14-8-4-2-5-9-14)17(22)15-10-6-3-7-11-15/h2-11,16-17,19-22H,12-13H2,1H3. The monoisotopic (exact) mass is 301 g/mol. The van der Waals surface area contributed by atoms with E-state index in [9.17, 15) is 15.3 Å². The van der Waals surface area contributed by atoms with Gasteiger partial charge in [-0.3, -0.25) is 5.32 Å². The zero-order valence-corrected chi connectivity index (χ0v) is 12.7. The Bertz CT molecular complexity index is 555. The summed E-state index contributed by atoms with van der Waals surface area (Å²) in [5.74, 6) is 0. The van der Waals surface area contributed by atoms with Crippen LogP contribution >= 0.6 is 0 Å². The van der Waals surface area contributed by atoms with E-state index in [1.807, 2.05) is 60.7 Å². The van der Waals surface area contributed by atoms with Gasteiger partial charge in [0.1, 0.15) is 0 Å². The molecule has 0 aliphatic heterocycles. The van der Waals surface area contributed by atoms with Gasteiger partial charge in [0.25, 0.3) is 0 Å². The van der Waals surface area contributed by atoms with Crippen LogP contribution in [0.25, 0.3) is 0 Å². The fraction of sp³-hybridized carbons (Fsp3) is 0.333. The van der Waals surface area contributed by atoms with Crippen LogP contribution in [0.1, 0.15) is 30.2 Å². The first-order valence-electron chi connectivity index (χ1n) is 7.37. The van der Waals surface area contributed by atoms with E-state index in [0.717, 1.165) is 11.1 Å². The number of hydrogen-bond acceptors (Lipinski definition) is 4. The molecule has 0 saturated carbocycles. The Labute approximate surface area is 131 Å². The van der Waals surface area contributed by atoms with Gasteiger partial charge in [-0.1, -0.05) is 60.7 Å². The summed E-state index contributed by atoms with van der Waals surface area (Å²) in [6.07, 6.45) is -0.791. The van der Waals surface area contributed by atoms with E-state index < -0.39 is 17.7 Å². The average Bonchev–Trinajstić information content (AvgIpc) is 2.60. The minimum Gasteiger partial charge on any atom is -0.394 e. The molecule has 0 spiro atoms. The van der Waals surface area contributed by atoms with Gasteiger partial charge in [-0.25, -0.2) is 0 Å². The van der Waals surface area contributed by atoms with Gasteiger partial charge in [0, 0.05) is 0 Å². The smallest absolute Gasteiger partial charge is 0.0984 e. The second kappa shape index (κ2) is 7.51. The largest absolute Gasteiger partial charge is 0.394 e. The Morgan fingerprint density at radius 3 is 1.77 bits per heavy atom. The number of aliphatic hydroxyl groups excluding tert-OH is 3. The van der Waals surface area contributed by atoms with Gasteiger partial charge in [-0.05, 0) is 18.1 Å². The van der Waals surface area contributed by atoms with E-state index in [4.69, 9.17) is 0 Å². The van der Waals surface area contributed by atoms with Crippen molar-refractivity contribution in [2.24, 2.45) is 0 Å². The summed E-state index contributed by atoms with van der Waals surface area (Å²) in [6, 6.07) is 18.5. The van der Waals surface area contributed by atoms with Crippen LogP contribution in [-0.4, -0.2) is 34.1 Å². The molecule has 0 radical (unpaired) electrons. The molecule has 0 aliphatic carbocycles. The second-order valence-corrected chi connectivity index (χ2v) is 5.77. The molecule has 22 heavy (non-hydrogen) atoms. The molecule has 4 N–H and O–H groups in total. The highest BCUT2D eigenvalue weighted by Crippen LogP contribution is 2.30. The van der Waals surface area contributed by atoms with Crippen molar-refractivity contribution in [1.82, 2.24) is 5.32 Å². The van der Waals surface area contributed by atoms with Crippen LogP contribution in [0.2, 0.25) is 0 Å². The van der Waals surface area contributed by atoms with Crippen molar-refractivity contribution < 1.29 is 15.3 Å². The van der Waals surface area contributed by atoms with Crippen molar-refractivity contribution in [3.8, 4) is 0 Å². The number of nitrogens with one attached hydrogen (secondary N) is 1. The van der Waals surface area contributed by atoms with Crippen molar-refractivity contribution >= 4 is 0 Å². The van der Waals surface area contributed by atoms with Gasteiger partial charge >= 0.3 is 0 Å². The summed E-state index contributed by atoms with van der Waals surface area (Å²) in [6.45, 7) is 1.27. The molecule has 0 saturated heterocycles. The van der Waals surface area contributed by atoms with E-state index >= 15 is 0 Å². The van der Waals surface area contributed by atoms with Crippen molar-refractivity contribution in [1.29, 1.82) is 0 Å². The predicted octanol–water partition coefficient (Wildman–Crippen LogP) is 1.79. The van der Waals surface area contributed by atoms with Crippen molar-refractivity contribution in [3.63, 3.8) is 0 Å². The molecule has 0 heterocycles. The van der Waals surface area contributed by atoms with E-state index in [1.165, 1.54) is 0 Å². The highest BCUT2D eigenvalue weighted by molar-refractivity contribution is 5.26. The van der Waals surface area contributed by atoms with Gasteiger partial charge in [0.2, 0.25) is 0 Å². The van der Waals surface area contributed by atoms with Gasteiger partial charge in [0.05, 0.1) is 30.9 Å². The summed E-state index contributed by atoms with van der Waals surface area (Å²) in [4.78, 5) is 0. The normalized spacial score (nSPS) is 14.5. The molecule has 0 amide bonds. The number of rotatable bonds is 7. The highest BCUT2D eigenvalue weighted by atomic mass is 16.3. The van der Waals surface area contributed by atoms with Crippen LogP contribution in [0.5, 0.6) is 0 Å². The zero-order valence-electron chi connectivity index (χ0n) is 12.7. The molecule has 0 aliphatic rings. The Morgan fingerprint density at radius 2 is 1.32 bits per heavy atom. The van der Waals surface area contributed by atoms with Crippen LogP contribution in [0, 0.1) is 0 Å². The van der Waals surface area contributed by atoms with Crippen LogP contribution in [0.3, 0.4) is 0 Å². The molecule has 4 heteroatoms. The minimum atomic E-state index is -0.879. The average molecular weight is 301 g/mol. The quantitative estimate of drug-likeness (QED) is 0.629. The maximum atomic E-state index is 10.8. The van der Waals surface area contributed by atoms with Gasteiger partial charge < -0.3 is 15.3 Å². The molecule has 0 bridgehead atoms. The van der Waals surface area contributed by atoms with Gasteiger partial charge in [0.15, 0.2) is 0 Å². The second-order valence-electron chi connectivity index (χ2n) is 5.77. The van der Waals surface area contributed by atoms with E-state index in [-0.39, 0.29) is 13.2 Å². The maximum Gasteiger partial charge on any atom is 0.0984 e. The molecular formula is C18H23NO3. The first-order valence-corrected chi connectivity index (χ1v) is 7.37. The lowest BCUT2D eigenvalue weighted by Gasteiger charge is -2.35. The first kappa shape index (κ1) is 16.6. The number of hydrogen-bond donors (Lipinski definition) is 4. The number of benzene rings is 2. The molecule has 2 aromatic carbocycles. The number of aliphatic hydroxyl groups is 3. The van der Waals surface area contributed by atoms with Crippen LogP contribution in [0.4, 0.5) is 0 Å². The summed E-state index contributed by atoms with van der Waals surface area (Å²) < 4.78 is 0. The maximum absolute atomic E-state index is 10.8. The molecule has 118 valence electrons. The van der Waals surface area contributed by atoms with Gasteiger partial charge in [-0.15, -0.1) is 0 Å². The molecule has 0 fully saturated rings. The predicted molar refractivity (Wildman–Crippen MR) is 86.3 cm³/mol. The summed E-state index contributed by atoms with van der Waals surface area (Å²) in [7, 11) is 0. The van der Waals surface area contributed by atoms with Crippen molar-refractivity contribution in [2.45, 2.75) is 24.6 Å². The van der Waals surface area contributed by atoms with Crippen LogP contribution in [-0.2, 0) is 0 Å². The van der Waals surface area contributed by atoms with Crippen LogP contribution < -0.4 is 5.32 Å². The third-order valence-corrected chi connectivity index (χ3v) is 3.82. The van der Waals surface area contributed by atoms with E-state index in [1.54, 1.807) is 6.92 Å². The Morgan fingerprint density at radius 1 is 0.864 bits per heavy atom. The molecule has 2 aromatic rings. The fourth-order valence-electron chi connectivity index (χ4n) is 2.36. The van der Waals surface area contributed by atoms with Crippen molar-refractivity contribution in [3.05, 3.63) is 71.8 Å². The van der Waals surface area contributed by atoms with Crippen LogP contribution in [0.15, 0.2) is 60.7 Å². The molecular weight excluding hydrogens is 278 g/mol. The summed E-state index contributed by atoms with van der Waals surface area (Å²) >= 11 is 0. The summed E-state index contributed by atoms with van der Waals surface area (Å²) in [5.41, 5.74) is 0.796. The minimum absolute atomic E-state index is 0.228. The molecule has 2 unspecified atom stereocenters. The molecule has 2 rings (SSSR count). The third-order valence-electron chi connectivity index (χ3n) is 3.82. The Balaban J connectivity index is 2.34. The molecule has 2 atom stereocenters. The fourth-order valence-corrected chi connectivity index (χ4v) is 2.36. The molecule has 0 aromatic heterocycles. The Kier molecular flexibility index (Phi) is 5.69. The van der Waals surface area contributed by atoms with E-state index in [2.05, 4.69) is 5.32 Å². The van der Waals surface area contributed by atoms with Crippen molar-refractivity contribution in [2.75, 3.05) is 13.2 Å². The SMILES string of the molecule is CC(CO)(CO)NC(c1ccccc1)C(O)c1ccccc1.